The van der Waals surface area contributed by atoms with Crippen LogP contribution >= 0.6 is 11.6 Å². The van der Waals surface area contributed by atoms with Crippen LogP contribution in [0.15, 0.2) is 18.3 Å². The first kappa shape index (κ1) is 8.20. The molecule has 0 aliphatic heterocycles. The zero-order chi connectivity index (χ0) is 8.48. The van der Waals surface area contributed by atoms with E-state index in [1.807, 2.05) is 0 Å². The monoisotopic (exact) mass is 178 g/mol. The third kappa shape index (κ3) is 2.01. The Balaban J connectivity index is 3.06. The average Bonchev–Trinajstić information content (AvgIpc) is 1.86. The Morgan fingerprint density at radius 3 is 2.55 bits per heavy atom. The van der Waals surface area contributed by atoms with Gasteiger partial charge >= 0.3 is 5.38 Å². The molecule has 0 saturated carbocycles. The van der Waals surface area contributed by atoms with Gasteiger partial charge in [-0.3, -0.25) is 4.98 Å². The fourth-order valence-corrected chi connectivity index (χ4v) is 0.705. The van der Waals surface area contributed by atoms with Crippen molar-refractivity contribution in [1.82, 2.24) is 4.98 Å². The summed E-state index contributed by atoms with van der Waals surface area (Å²) in [5.41, 5.74) is 4.91. The van der Waals surface area contributed by atoms with Crippen molar-refractivity contribution in [2.24, 2.45) is 0 Å². The molecule has 11 heavy (non-hydrogen) atoms. The van der Waals surface area contributed by atoms with E-state index in [1.165, 1.54) is 12.3 Å². The number of nitrogen functional groups attached to an aromatic ring is 1. The fraction of sp³-hybridized carbons (Fsp3) is 0.167. The van der Waals surface area contributed by atoms with Gasteiger partial charge < -0.3 is 5.73 Å². The normalized spacial score (nSPS) is 11.5. The van der Waals surface area contributed by atoms with Gasteiger partial charge in [-0.1, -0.05) is 0 Å². The highest BCUT2D eigenvalue weighted by atomic mass is 35.5. The van der Waals surface area contributed by atoms with Crippen LogP contribution in [0.25, 0.3) is 0 Å². The van der Waals surface area contributed by atoms with E-state index in [2.05, 4.69) is 16.6 Å². The molecule has 0 aromatic carbocycles. The minimum atomic E-state index is -3.44. The summed E-state index contributed by atoms with van der Waals surface area (Å²) < 4.78 is 24.6. The number of nitrogens with two attached hydrogens (primary N) is 1. The van der Waals surface area contributed by atoms with Gasteiger partial charge in [0, 0.05) is 11.9 Å². The largest absolute Gasteiger partial charge is 0.399 e. The van der Waals surface area contributed by atoms with Gasteiger partial charge in [-0.05, 0) is 23.7 Å². The lowest BCUT2D eigenvalue weighted by Crippen LogP contribution is -2.06. The van der Waals surface area contributed by atoms with Crippen LogP contribution in [-0.4, -0.2) is 4.98 Å². The maximum Gasteiger partial charge on any atom is 0.364 e. The van der Waals surface area contributed by atoms with Crippen molar-refractivity contribution < 1.29 is 8.78 Å². The van der Waals surface area contributed by atoms with Gasteiger partial charge in [0.1, 0.15) is 5.69 Å². The molecular formula is C6H5ClF2N2. The number of nitrogens with zero attached hydrogens (tertiary/aromatic N) is 1. The van der Waals surface area contributed by atoms with Gasteiger partial charge in [0.15, 0.2) is 0 Å². The molecule has 1 heterocycles. The zero-order valence-corrected chi connectivity index (χ0v) is 6.15. The summed E-state index contributed by atoms with van der Waals surface area (Å²) in [6, 6.07) is 2.44. The average molecular weight is 179 g/mol. The number of aromatic nitrogens is 1. The molecule has 0 aliphatic carbocycles. The molecule has 0 spiro atoms. The van der Waals surface area contributed by atoms with Crippen LogP contribution in [0.4, 0.5) is 14.5 Å². The number of anilines is 1. The first-order valence-corrected chi connectivity index (χ1v) is 3.16. The quantitative estimate of drug-likeness (QED) is 0.668. The van der Waals surface area contributed by atoms with E-state index in [-0.39, 0.29) is 5.69 Å². The number of hydrogen-bond donors (Lipinski definition) is 1. The molecule has 5 heteroatoms. The molecule has 2 N–H and O–H groups in total. The molecule has 1 rings (SSSR count). The topological polar surface area (TPSA) is 38.9 Å². The molecule has 60 valence electrons. The van der Waals surface area contributed by atoms with Crippen LogP contribution in [0.3, 0.4) is 0 Å². The van der Waals surface area contributed by atoms with E-state index in [0.717, 1.165) is 6.07 Å². The summed E-state index contributed by atoms with van der Waals surface area (Å²) in [6.07, 6.45) is 1.18. The summed E-state index contributed by atoms with van der Waals surface area (Å²) in [4.78, 5) is 3.35. The second kappa shape index (κ2) is 2.62. The van der Waals surface area contributed by atoms with Gasteiger partial charge in [-0.2, -0.15) is 8.78 Å². The van der Waals surface area contributed by atoms with Crippen molar-refractivity contribution in [3.63, 3.8) is 0 Å². The van der Waals surface area contributed by atoms with E-state index < -0.39 is 11.1 Å². The van der Waals surface area contributed by atoms with Crippen molar-refractivity contribution in [2.45, 2.75) is 5.38 Å². The van der Waals surface area contributed by atoms with Crippen LogP contribution in [0.1, 0.15) is 5.69 Å². The maximum atomic E-state index is 12.3. The minimum Gasteiger partial charge on any atom is -0.399 e. The Bertz CT molecular complexity index is 259. The maximum absolute atomic E-state index is 12.3. The van der Waals surface area contributed by atoms with Crippen LogP contribution in [0.2, 0.25) is 0 Å². The van der Waals surface area contributed by atoms with Crippen molar-refractivity contribution in [2.75, 3.05) is 5.73 Å². The van der Waals surface area contributed by atoms with Gasteiger partial charge in [0.25, 0.3) is 0 Å². The Kier molecular flexibility index (Phi) is 1.95. The van der Waals surface area contributed by atoms with Gasteiger partial charge in [-0.25, -0.2) is 0 Å². The Labute approximate surface area is 67.0 Å². The number of halogens is 3. The third-order valence-corrected chi connectivity index (χ3v) is 1.27. The highest BCUT2D eigenvalue weighted by Gasteiger charge is 2.29. The predicted molar refractivity (Wildman–Crippen MR) is 38.4 cm³/mol. The molecule has 0 unspecified atom stereocenters. The van der Waals surface area contributed by atoms with E-state index in [4.69, 9.17) is 5.73 Å². The van der Waals surface area contributed by atoms with Crippen molar-refractivity contribution in [3.05, 3.63) is 24.0 Å². The van der Waals surface area contributed by atoms with E-state index in [1.54, 1.807) is 0 Å². The van der Waals surface area contributed by atoms with Crippen LogP contribution in [-0.2, 0) is 5.38 Å². The van der Waals surface area contributed by atoms with E-state index in [9.17, 15) is 8.78 Å². The van der Waals surface area contributed by atoms with Gasteiger partial charge in [0.05, 0.1) is 0 Å². The Morgan fingerprint density at radius 2 is 2.18 bits per heavy atom. The molecule has 0 radical (unpaired) electrons. The highest BCUT2D eigenvalue weighted by Crippen LogP contribution is 2.30. The summed E-state index contributed by atoms with van der Waals surface area (Å²) in [5.74, 6) is 0. The Hall–Kier alpha value is -0.900. The minimum absolute atomic E-state index is 0.218. The first-order valence-electron chi connectivity index (χ1n) is 2.79. The molecule has 0 amide bonds. The molecule has 0 atom stereocenters. The molecule has 0 aliphatic rings. The van der Waals surface area contributed by atoms with Crippen LogP contribution < -0.4 is 5.73 Å². The molecule has 0 fully saturated rings. The van der Waals surface area contributed by atoms with Crippen LogP contribution in [0, 0.1) is 0 Å². The van der Waals surface area contributed by atoms with Crippen molar-refractivity contribution in [3.8, 4) is 0 Å². The van der Waals surface area contributed by atoms with Crippen LogP contribution in [0.5, 0.6) is 0 Å². The second-order valence-corrected chi connectivity index (χ2v) is 2.45. The van der Waals surface area contributed by atoms with Gasteiger partial charge in [0.2, 0.25) is 0 Å². The number of pyridine rings is 1. The molecule has 2 nitrogen and oxygen atoms in total. The zero-order valence-electron chi connectivity index (χ0n) is 5.39. The fourth-order valence-electron chi connectivity index (χ4n) is 0.602. The smallest absolute Gasteiger partial charge is 0.364 e. The number of rotatable bonds is 1. The van der Waals surface area contributed by atoms with E-state index in [0.29, 0.717) is 0 Å². The summed E-state index contributed by atoms with van der Waals surface area (Å²) in [7, 11) is 0. The summed E-state index contributed by atoms with van der Waals surface area (Å²) >= 11 is 4.68. The first-order chi connectivity index (χ1) is 5.00. The van der Waals surface area contributed by atoms with Gasteiger partial charge in [-0.15, -0.1) is 0 Å². The lowest BCUT2D eigenvalue weighted by molar-refractivity contribution is 0.0901. The highest BCUT2D eigenvalue weighted by molar-refractivity contribution is 6.21. The number of alkyl halides is 3. The lowest BCUT2D eigenvalue weighted by atomic mass is 10.3. The predicted octanol–water partition coefficient (Wildman–Crippen LogP) is 1.95. The second-order valence-electron chi connectivity index (χ2n) is 1.97. The molecule has 0 bridgehead atoms. The van der Waals surface area contributed by atoms with E-state index >= 15 is 0 Å². The summed E-state index contributed by atoms with van der Waals surface area (Å²) in [5, 5.41) is -3.44. The number of hydrogen-bond acceptors (Lipinski definition) is 2. The summed E-state index contributed by atoms with van der Waals surface area (Å²) in [6.45, 7) is 0. The molecule has 0 saturated heterocycles. The molecule has 1 aromatic heterocycles. The molecule has 1 aromatic rings. The third-order valence-electron chi connectivity index (χ3n) is 1.07. The molecular weight excluding hydrogens is 174 g/mol. The lowest BCUT2D eigenvalue weighted by Gasteiger charge is -2.06. The Morgan fingerprint density at radius 1 is 1.55 bits per heavy atom. The van der Waals surface area contributed by atoms with Crippen molar-refractivity contribution in [1.29, 1.82) is 0 Å². The van der Waals surface area contributed by atoms with Crippen molar-refractivity contribution >= 4 is 17.3 Å². The standard InChI is InChI=1S/C6H5ClF2N2/c7-6(8,9)5-3-4(10)1-2-11-5/h1-3H,(H2,10,11). The SMILES string of the molecule is Nc1ccnc(C(F)(F)Cl)c1.